The van der Waals surface area contributed by atoms with E-state index in [1.807, 2.05) is 0 Å². The van der Waals surface area contributed by atoms with Gasteiger partial charge in [0.1, 0.15) is 5.52 Å². The molecule has 1 N–H and O–H groups in total. The van der Waals surface area contributed by atoms with Crippen LogP contribution < -0.4 is 5.32 Å². The van der Waals surface area contributed by atoms with Crippen LogP contribution in [-0.2, 0) is 9.84 Å². The van der Waals surface area contributed by atoms with Gasteiger partial charge in [-0.3, -0.25) is 4.79 Å². The van der Waals surface area contributed by atoms with Crippen molar-refractivity contribution in [2.45, 2.75) is 4.90 Å². The van der Waals surface area contributed by atoms with Crippen LogP contribution in [0.1, 0.15) is 10.4 Å². The topological polar surface area (TPSA) is 76.1 Å². The number of amides is 1. The highest BCUT2D eigenvalue weighted by Crippen LogP contribution is 2.32. The van der Waals surface area contributed by atoms with Crippen LogP contribution in [0.3, 0.4) is 0 Å². The lowest BCUT2D eigenvalue weighted by molar-refractivity contribution is 0.102. The zero-order valence-corrected chi connectivity index (χ0v) is 14.3. The monoisotopic (exact) mass is 366 g/mol. The Labute approximate surface area is 141 Å². The molecule has 0 saturated carbocycles. The van der Waals surface area contributed by atoms with Gasteiger partial charge in [0.2, 0.25) is 0 Å². The van der Waals surface area contributed by atoms with E-state index in [1.54, 1.807) is 17.6 Å². The van der Waals surface area contributed by atoms with Crippen molar-refractivity contribution >= 4 is 54.6 Å². The molecule has 0 bridgehead atoms. The smallest absolute Gasteiger partial charge is 0.255 e. The lowest BCUT2D eigenvalue weighted by Crippen LogP contribution is -2.12. The van der Waals surface area contributed by atoms with E-state index < -0.39 is 9.84 Å². The highest BCUT2D eigenvalue weighted by molar-refractivity contribution is 7.90. The number of hydrogen-bond acceptors (Lipinski definition) is 5. The van der Waals surface area contributed by atoms with Gasteiger partial charge in [0.25, 0.3) is 5.91 Å². The van der Waals surface area contributed by atoms with Crippen molar-refractivity contribution in [1.29, 1.82) is 0 Å². The van der Waals surface area contributed by atoms with Crippen molar-refractivity contribution in [3.05, 3.63) is 52.5 Å². The molecule has 0 radical (unpaired) electrons. The summed E-state index contributed by atoms with van der Waals surface area (Å²) in [4.78, 5) is 16.7. The van der Waals surface area contributed by atoms with Crippen LogP contribution in [0.5, 0.6) is 0 Å². The van der Waals surface area contributed by atoms with Crippen molar-refractivity contribution in [3.8, 4) is 0 Å². The first kappa shape index (κ1) is 15.9. The van der Waals surface area contributed by atoms with E-state index in [2.05, 4.69) is 10.3 Å². The molecule has 3 rings (SSSR count). The molecular formula is C15H11ClN2O3S2. The molecule has 3 aromatic rings. The molecule has 0 aliphatic heterocycles. The summed E-state index contributed by atoms with van der Waals surface area (Å²) >= 11 is 7.44. The number of hydrogen-bond donors (Lipinski definition) is 1. The summed E-state index contributed by atoms with van der Waals surface area (Å²) < 4.78 is 23.7. The third-order valence-electron chi connectivity index (χ3n) is 3.23. The molecule has 23 heavy (non-hydrogen) atoms. The highest BCUT2D eigenvalue weighted by Gasteiger charge is 2.13. The second-order valence-corrected chi connectivity index (χ2v) is 8.15. The first-order valence-electron chi connectivity index (χ1n) is 6.49. The summed E-state index contributed by atoms with van der Waals surface area (Å²) in [5, 5.41) is 3.32. The fourth-order valence-corrected chi connectivity index (χ4v) is 3.74. The van der Waals surface area contributed by atoms with E-state index in [-0.39, 0.29) is 10.8 Å². The largest absolute Gasteiger partial charge is 0.321 e. The maximum atomic E-state index is 12.3. The van der Waals surface area contributed by atoms with Gasteiger partial charge in [-0.1, -0.05) is 11.6 Å². The van der Waals surface area contributed by atoms with Crippen LogP contribution >= 0.6 is 22.9 Å². The van der Waals surface area contributed by atoms with E-state index in [4.69, 9.17) is 11.6 Å². The second kappa shape index (κ2) is 5.92. The quantitative estimate of drug-likeness (QED) is 0.768. The number of halogens is 1. The van der Waals surface area contributed by atoms with Crippen molar-refractivity contribution < 1.29 is 13.2 Å². The molecule has 0 aliphatic carbocycles. The normalized spacial score (nSPS) is 11.6. The third kappa shape index (κ3) is 3.21. The van der Waals surface area contributed by atoms with Gasteiger partial charge in [0, 0.05) is 11.8 Å². The van der Waals surface area contributed by atoms with Gasteiger partial charge in [0.15, 0.2) is 9.84 Å². The Kier molecular flexibility index (Phi) is 4.09. The van der Waals surface area contributed by atoms with E-state index in [0.717, 1.165) is 11.0 Å². The number of carbonyl (C=O) groups excluding carboxylic acids is 1. The van der Waals surface area contributed by atoms with E-state index in [1.165, 1.54) is 35.6 Å². The zero-order chi connectivity index (χ0) is 16.6. The van der Waals surface area contributed by atoms with Gasteiger partial charge in [-0.25, -0.2) is 13.4 Å². The predicted molar refractivity (Wildman–Crippen MR) is 92.1 cm³/mol. The number of carbonyl (C=O) groups is 1. The number of anilines is 1. The molecule has 0 unspecified atom stereocenters. The minimum Gasteiger partial charge on any atom is -0.321 e. The number of sulfone groups is 1. The number of fused-ring (bicyclic) bond motifs is 1. The fourth-order valence-electron chi connectivity index (χ4n) is 2.06. The summed E-state index contributed by atoms with van der Waals surface area (Å²) in [5.41, 5.74) is 3.28. The summed E-state index contributed by atoms with van der Waals surface area (Å²) in [5.74, 6) is -0.331. The molecule has 1 aromatic heterocycles. The van der Waals surface area contributed by atoms with Gasteiger partial charge < -0.3 is 5.32 Å². The minimum atomic E-state index is -3.28. The number of nitrogens with one attached hydrogen (secondary N) is 1. The SMILES string of the molecule is CS(=O)(=O)c1ccc(C(=O)Nc2ccc(Cl)c3ncsc23)cc1. The van der Waals surface area contributed by atoms with Crippen LogP contribution in [-0.4, -0.2) is 25.6 Å². The third-order valence-corrected chi connectivity index (χ3v) is 5.52. The fraction of sp³-hybridized carbons (Fsp3) is 0.0667. The zero-order valence-electron chi connectivity index (χ0n) is 11.9. The van der Waals surface area contributed by atoms with Gasteiger partial charge >= 0.3 is 0 Å². The molecule has 2 aromatic carbocycles. The predicted octanol–water partition coefficient (Wildman–Crippen LogP) is 3.61. The summed E-state index contributed by atoms with van der Waals surface area (Å²) in [7, 11) is -3.28. The van der Waals surface area contributed by atoms with Crippen molar-refractivity contribution in [2.24, 2.45) is 0 Å². The Morgan fingerprint density at radius 1 is 1.17 bits per heavy atom. The molecule has 0 fully saturated rings. The van der Waals surface area contributed by atoms with Crippen molar-refractivity contribution in [2.75, 3.05) is 11.6 Å². The summed E-state index contributed by atoms with van der Waals surface area (Å²) in [6.45, 7) is 0. The molecular weight excluding hydrogens is 356 g/mol. The van der Waals surface area contributed by atoms with E-state index in [0.29, 0.717) is 21.8 Å². The molecule has 118 valence electrons. The molecule has 0 aliphatic rings. The maximum Gasteiger partial charge on any atom is 0.255 e. The van der Waals surface area contributed by atoms with Gasteiger partial charge in [0.05, 0.1) is 25.8 Å². The Morgan fingerprint density at radius 3 is 2.52 bits per heavy atom. The second-order valence-electron chi connectivity index (χ2n) is 4.88. The van der Waals surface area contributed by atoms with Gasteiger partial charge in [-0.2, -0.15) is 0 Å². The molecule has 1 amide bonds. The average molecular weight is 367 g/mol. The van der Waals surface area contributed by atoms with Crippen LogP contribution in [0.2, 0.25) is 5.02 Å². The molecule has 5 nitrogen and oxygen atoms in total. The van der Waals surface area contributed by atoms with Crippen molar-refractivity contribution in [1.82, 2.24) is 4.98 Å². The maximum absolute atomic E-state index is 12.3. The van der Waals surface area contributed by atoms with Crippen LogP contribution in [0.25, 0.3) is 10.2 Å². The van der Waals surface area contributed by atoms with Crippen LogP contribution in [0.15, 0.2) is 46.8 Å². The number of nitrogens with zero attached hydrogens (tertiary/aromatic N) is 1. The van der Waals surface area contributed by atoms with E-state index in [9.17, 15) is 13.2 Å². The number of aromatic nitrogens is 1. The lowest BCUT2D eigenvalue weighted by Gasteiger charge is -2.07. The Balaban J connectivity index is 1.89. The minimum absolute atomic E-state index is 0.172. The first-order chi connectivity index (χ1) is 10.9. The molecule has 0 spiro atoms. The Morgan fingerprint density at radius 2 is 1.87 bits per heavy atom. The number of benzene rings is 2. The Hall–Kier alpha value is -1.96. The molecule has 8 heteroatoms. The summed E-state index contributed by atoms with van der Waals surface area (Å²) in [6, 6.07) is 9.16. The van der Waals surface area contributed by atoms with Gasteiger partial charge in [-0.15, -0.1) is 11.3 Å². The Bertz CT molecular complexity index is 995. The van der Waals surface area contributed by atoms with Gasteiger partial charge in [-0.05, 0) is 36.4 Å². The van der Waals surface area contributed by atoms with E-state index >= 15 is 0 Å². The molecule has 0 saturated heterocycles. The van der Waals surface area contributed by atoms with Crippen LogP contribution in [0, 0.1) is 0 Å². The number of thiazole rings is 1. The summed E-state index contributed by atoms with van der Waals surface area (Å²) in [6.07, 6.45) is 1.12. The molecule has 0 atom stereocenters. The highest BCUT2D eigenvalue weighted by atomic mass is 35.5. The van der Waals surface area contributed by atoms with Crippen LogP contribution in [0.4, 0.5) is 5.69 Å². The lowest BCUT2D eigenvalue weighted by atomic mass is 10.2. The van der Waals surface area contributed by atoms with Crippen molar-refractivity contribution in [3.63, 3.8) is 0 Å². The first-order valence-corrected chi connectivity index (χ1v) is 9.64. The molecule has 1 heterocycles. The standard InChI is InChI=1S/C15H11ClN2O3S2/c1-23(20,21)10-4-2-9(3-5-10)15(19)18-12-7-6-11(16)13-14(12)22-8-17-13/h2-8H,1H3,(H,18,19). The average Bonchev–Trinajstić information content (AvgIpc) is 3.00. The number of rotatable bonds is 3.